The van der Waals surface area contributed by atoms with Crippen LogP contribution in [0.2, 0.25) is 0 Å². The fourth-order valence-electron chi connectivity index (χ4n) is 2.27. The van der Waals surface area contributed by atoms with Crippen LogP contribution in [0.25, 0.3) is 0 Å². The van der Waals surface area contributed by atoms with Crippen molar-refractivity contribution in [1.29, 1.82) is 0 Å². The van der Waals surface area contributed by atoms with Crippen LogP contribution in [0.3, 0.4) is 0 Å². The van der Waals surface area contributed by atoms with Crippen LogP contribution in [-0.4, -0.2) is 27.8 Å². The Labute approximate surface area is 136 Å². The predicted octanol–water partition coefficient (Wildman–Crippen LogP) is 3.61. The van der Waals surface area contributed by atoms with Gasteiger partial charge in [0.1, 0.15) is 12.3 Å². The van der Waals surface area contributed by atoms with Crippen molar-refractivity contribution in [3.05, 3.63) is 22.5 Å². The van der Waals surface area contributed by atoms with E-state index in [-0.39, 0.29) is 6.61 Å². The van der Waals surface area contributed by atoms with Crippen LogP contribution in [-0.2, 0) is 17.6 Å². The number of alkyl halides is 3. The molecule has 0 radical (unpaired) electrons. The van der Waals surface area contributed by atoms with Gasteiger partial charge in [-0.1, -0.05) is 34.8 Å². The molecule has 1 N–H and O–H groups in total. The van der Waals surface area contributed by atoms with Crippen LogP contribution < -0.4 is 5.32 Å². The molecule has 21 heavy (non-hydrogen) atoms. The molecule has 0 fully saturated rings. The Morgan fingerprint density at radius 3 is 2.76 bits per heavy atom. The summed E-state index contributed by atoms with van der Waals surface area (Å²) in [6.07, 6.45) is 2.45. The van der Waals surface area contributed by atoms with Gasteiger partial charge in [0.2, 0.25) is 3.79 Å². The minimum atomic E-state index is -1.67. The van der Waals surface area contributed by atoms with Crippen molar-refractivity contribution in [1.82, 2.24) is 4.98 Å². The van der Waals surface area contributed by atoms with E-state index in [0.29, 0.717) is 23.2 Å². The number of hydrogen-bond acceptors (Lipinski definition) is 4. The second-order valence-corrected chi connectivity index (χ2v) is 7.23. The van der Waals surface area contributed by atoms with Gasteiger partial charge in [0.15, 0.2) is 6.29 Å². The maximum absolute atomic E-state index is 11.8. The van der Waals surface area contributed by atoms with Gasteiger partial charge in [-0.3, -0.25) is 10.1 Å². The zero-order chi connectivity index (χ0) is 15.6. The summed E-state index contributed by atoms with van der Waals surface area (Å²) >= 11 is 16.6. The van der Waals surface area contributed by atoms with Gasteiger partial charge in [-0.2, -0.15) is 0 Å². The Kier molecular flexibility index (Phi) is 4.96. The lowest BCUT2D eigenvalue weighted by Crippen LogP contribution is -2.22. The third-order valence-corrected chi connectivity index (χ3v) is 3.54. The van der Waals surface area contributed by atoms with Crippen molar-refractivity contribution in [3.63, 3.8) is 0 Å². The number of anilines is 1. The van der Waals surface area contributed by atoms with Crippen molar-refractivity contribution in [2.45, 2.75) is 30.0 Å². The first-order valence-electron chi connectivity index (χ1n) is 6.30. The quantitative estimate of drug-likeness (QED) is 0.667. The first-order chi connectivity index (χ1) is 9.81. The highest BCUT2D eigenvalue weighted by atomic mass is 35.6. The van der Waals surface area contributed by atoms with Crippen molar-refractivity contribution < 1.29 is 14.3 Å². The van der Waals surface area contributed by atoms with Gasteiger partial charge in [-0.15, -0.1) is 0 Å². The molecule has 0 bridgehead atoms. The Balaban J connectivity index is 2.22. The van der Waals surface area contributed by atoms with E-state index >= 15 is 0 Å². The zero-order valence-corrected chi connectivity index (χ0v) is 13.5. The average Bonchev–Trinajstić information content (AvgIpc) is 2.86. The van der Waals surface area contributed by atoms with Crippen LogP contribution in [0.5, 0.6) is 0 Å². The molecule has 5 nitrogen and oxygen atoms in total. The lowest BCUT2D eigenvalue weighted by Gasteiger charge is -2.16. The van der Waals surface area contributed by atoms with E-state index in [0.717, 1.165) is 30.5 Å². The number of aldehydes is 1. The number of rotatable bonds is 3. The number of carbonyl (C=O) groups is 2. The van der Waals surface area contributed by atoms with Crippen molar-refractivity contribution >= 4 is 52.9 Å². The molecule has 0 saturated carbocycles. The van der Waals surface area contributed by atoms with E-state index in [1.165, 1.54) is 0 Å². The molecule has 1 amide bonds. The lowest BCUT2D eigenvalue weighted by atomic mass is 10.1. The average molecular weight is 352 g/mol. The third kappa shape index (κ3) is 3.99. The number of nitrogens with one attached hydrogen (secondary N) is 1. The Morgan fingerprint density at radius 2 is 2.14 bits per heavy atom. The summed E-state index contributed by atoms with van der Waals surface area (Å²) in [5, 5.41) is 2.62. The van der Waals surface area contributed by atoms with Gasteiger partial charge in [-0.05, 0) is 31.7 Å². The molecule has 0 saturated heterocycles. The molecule has 114 valence electrons. The van der Waals surface area contributed by atoms with E-state index in [9.17, 15) is 9.59 Å². The molecule has 1 aliphatic carbocycles. The fourth-order valence-corrected chi connectivity index (χ4v) is 2.44. The molecule has 8 heteroatoms. The highest BCUT2D eigenvalue weighted by Crippen LogP contribution is 2.32. The van der Waals surface area contributed by atoms with Crippen molar-refractivity contribution in [2.75, 3.05) is 11.9 Å². The number of amides is 1. The van der Waals surface area contributed by atoms with E-state index in [1.54, 1.807) is 6.92 Å². The molecule has 0 aliphatic heterocycles. The van der Waals surface area contributed by atoms with E-state index < -0.39 is 9.89 Å². The van der Waals surface area contributed by atoms with E-state index in [1.807, 2.05) is 0 Å². The number of aromatic nitrogens is 1. The van der Waals surface area contributed by atoms with Gasteiger partial charge in [0.25, 0.3) is 0 Å². The number of aryl methyl sites for hydroxylation is 1. The predicted molar refractivity (Wildman–Crippen MR) is 81.6 cm³/mol. The summed E-state index contributed by atoms with van der Waals surface area (Å²) in [6.45, 7) is 1.36. The molecule has 1 aliphatic rings. The Hall–Kier alpha value is -1.04. The number of pyridine rings is 1. The van der Waals surface area contributed by atoms with Gasteiger partial charge in [0.05, 0.1) is 5.69 Å². The summed E-state index contributed by atoms with van der Waals surface area (Å²) in [5.41, 5.74) is 3.25. The van der Waals surface area contributed by atoms with Gasteiger partial charge in [0, 0.05) is 11.3 Å². The Bertz CT molecular complexity index is 585. The molecule has 1 aromatic heterocycles. The highest BCUT2D eigenvalue weighted by Gasteiger charge is 2.25. The van der Waals surface area contributed by atoms with Crippen molar-refractivity contribution in [2.24, 2.45) is 0 Å². The number of halogens is 3. The largest absolute Gasteiger partial charge is 0.445 e. The smallest absolute Gasteiger partial charge is 0.411 e. The number of hydrogen-bond donors (Lipinski definition) is 1. The molecular weight excluding hydrogens is 339 g/mol. The normalized spacial score (nSPS) is 13.7. The van der Waals surface area contributed by atoms with E-state index in [4.69, 9.17) is 39.5 Å². The van der Waals surface area contributed by atoms with Crippen LogP contribution in [0, 0.1) is 6.92 Å². The maximum Gasteiger partial charge on any atom is 0.411 e. The summed E-state index contributed by atoms with van der Waals surface area (Å²) in [7, 11) is 0. The second kappa shape index (κ2) is 6.38. The van der Waals surface area contributed by atoms with Crippen LogP contribution in [0.15, 0.2) is 0 Å². The molecule has 0 unspecified atom stereocenters. The third-order valence-electron chi connectivity index (χ3n) is 3.21. The summed E-state index contributed by atoms with van der Waals surface area (Å²) in [6, 6.07) is 0. The standard InChI is InChI=1S/C13H13Cl3N2O3/c1-7-10(5-19)17-9-4-2-3-8(9)11(7)18-12(20)21-6-13(14,15)16/h5H,2-4,6H2,1H3,(H,17,18,20). The zero-order valence-electron chi connectivity index (χ0n) is 11.2. The van der Waals surface area contributed by atoms with Crippen LogP contribution >= 0.6 is 34.8 Å². The number of fused-ring (bicyclic) bond motifs is 1. The molecule has 2 rings (SSSR count). The first-order valence-corrected chi connectivity index (χ1v) is 7.43. The molecule has 1 aromatic rings. The monoisotopic (exact) mass is 350 g/mol. The highest BCUT2D eigenvalue weighted by molar-refractivity contribution is 6.67. The Morgan fingerprint density at radius 1 is 1.43 bits per heavy atom. The number of nitrogens with zero attached hydrogens (tertiary/aromatic N) is 1. The SMILES string of the molecule is Cc1c(C=O)nc2c(c1NC(=O)OCC(Cl)(Cl)Cl)CCC2. The van der Waals surface area contributed by atoms with Crippen LogP contribution in [0.4, 0.5) is 10.5 Å². The van der Waals surface area contributed by atoms with Gasteiger partial charge >= 0.3 is 6.09 Å². The topological polar surface area (TPSA) is 68.3 Å². The second-order valence-electron chi connectivity index (χ2n) is 4.71. The fraction of sp³-hybridized carbons (Fsp3) is 0.462. The molecule has 0 spiro atoms. The molecule has 0 aromatic carbocycles. The van der Waals surface area contributed by atoms with Crippen LogP contribution in [0.1, 0.15) is 33.7 Å². The minimum absolute atomic E-state index is 0.312. The van der Waals surface area contributed by atoms with E-state index in [2.05, 4.69) is 10.3 Å². The van der Waals surface area contributed by atoms with Crippen molar-refractivity contribution in [3.8, 4) is 0 Å². The molecule has 1 heterocycles. The summed E-state index contributed by atoms with van der Waals surface area (Å²) in [5.74, 6) is 0. The molecule has 0 atom stereocenters. The van der Waals surface area contributed by atoms with Gasteiger partial charge in [-0.25, -0.2) is 9.78 Å². The minimum Gasteiger partial charge on any atom is -0.445 e. The molecular formula is C13H13Cl3N2O3. The first kappa shape index (κ1) is 16.3. The summed E-state index contributed by atoms with van der Waals surface area (Å²) in [4.78, 5) is 27.2. The lowest BCUT2D eigenvalue weighted by molar-refractivity contribution is 0.111. The number of ether oxygens (including phenoxy) is 1. The number of carbonyl (C=O) groups excluding carboxylic acids is 2. The maximum atomic E-state index is 11.8. The summed E-state index contributed by atoms with van der Waals surface area (Å²) < 4.78 is 3.18. The van der Waals surface area contributed by atoms with Gasteiger partial charge < -0.3 is 4.74 Å².